The average molecular weight is 513 g/mol. The van der Waals surface area contributed by atoms with E-state index in [-0.39, 0.29) is 30.4 Å². The second-order valence-electron chi connectivity index (χ2n) is 8.36. The lowest BCUT2D eigenvalue weighted by Gasteiger charge is -2.25. The highest BCUT2D eigenvalue weighted by molar-refractivity contribution is 7.89. The van der Waals surface area contributed by atoms with Crippen molar-refractivity contribution in [2.24, 2.45) is 0 Å². The van der Waals surface area contributed by atoms with Gasteiger partial charge in [-0.25, -0.2) is 8.42 Å². The maximum Gasteiger partial charge on any atom is 0.243 e. The van der Waals surface area contributed by atoms with Crippen LogP contribution in [0.1, 0.15) is 16.7 Å². The molecule has 0 bridgehead atoms. The molecule has 3 aromatic carbocycles. The molecule has 0 N–H and O–H groups in total. The molecule has 0 fully saturated rings. The van der Waals surface area contributed by atoms with Crippen molar-refractivity contribution in [1.82, 2.24) is 9.21 Å². The Balaban J connectivity index is 1.85. The van der Waals surface area contributed by atoms with Gasteiger partial charge >= 0.3 is 0 Å². The molecule has 0 aliphatic rings. The minimum Gasteiger partial charge on any atom is -0.493 e. The van der Waals surface area contributed by atoms with Crippen molar-refractivity contribution in [3.8, 4) is 17.2 Å². The number of rotatable bonds is 11. The lowest BCUT2D eigenvalue weighted by molar-refractivity contribution is -0.130. The standard InChI is InChI=1S/C27H32N2O6S/c1-20-11-13-23(14-12-20)36(31,32)29(18-21-9-7-6-8-10-21)19-26(30)28(2)17-22-15-24(33-3)27(35-5)25(16-22)34-4/h6-16H,17-19H2,1-5H3. The Hall–Kier alpha value is -3.56. The SMILES string of the molecule is COc1cc(CN(C)C(=O)CN(Cc2ccccc2)S(=O)(=O)c2ccc(C)cc2)cc(OC)c1OC. The molecule has 0 radical (unpaired) electrons. The molecule has 0 spiro atoms. The summed E-state index contributed by atoms with van der Waals surface area (Å²) >= 11 is 0. The van der Waals surface area contributed by atoms with Crippen LogP contribution in [0.2, 0.25) is 0 Å². The van der Waals surface area contributed by atoms with Gasteiger partial charge in [-0.3, -0.25) is 4.79 Å². The number of sulfonamides is 1. The second-order valence-corrected chi connectivity index (χ2v) is 10.3. The van der Waals surface area contributed by atoms with Crippen LogP contribution in [-0.4, -0.2) is 58.5 Å². The van der Waals surface area contributed by atoms with E-state index in [2.05, 4.69) is 0 Å². The first kappa shape index (κ1) is 27.0. The number of hydrogen-bond acceptors (Lipinski definition) is 6. The summed E-state index contributed by atoms with van der Waals surface area (Å²) in [6.45, 7) is 1.87. The molecule has 0 saturated heterocycles. The lowest BCUT2D eigenvalue weighted by Crippen LogP contribution is -2.40. The van der Waals surface area contributed by atoms with E-state index in [1.54, 1.807) is 43.4 Å². The first-order valence-corrected chi connectivity index (χ1v) is 12.8. The Labute approximate surface area is 213 Å². The van der Waals surface area contributed by atoms with Gasteiger partial charge in [0.2, 0.25) is 21.7 Å². The van der Waals surface area contributed by atoms with E-state index in [0.29, 0.717) is 17.2 Å². The number of aryl methyl sites for hydroxylation is 1. The summed E-state index contributed by atoms with van der Waals surface area (Å²) in [6, 6.07) is 19.3. The fraction of sp³-hybridized carbons (Fsp3) is 0.296. The van der Waals surface area contributed by atoms with Crippen LogP contribution in [0.3, 0.4) is 0 Å². The summed E-state index contributed by atoms with van der Waals surface area (Å²) in [7, 11) is 2.27. The summed E-state index contributed by atoms with van der Waals surface area (Å²) in [5.74, 6) is 1.05. The number of hydrogen-bond donors (Lipinski definition) is 0. The molecule has 8 nitrogen and oxygen atoms in total. The zero-order valence-electron chi connectivity index (χ0n) is 21.2. The number of carbonyl (C=O) groups is 1. The van der Waals surface area contributed by atoms with Gasteiger partial charge in [0.1, 0.15) is 0 Å². The van der Waals surface area contributed by atoms with Crippen molar-refractivity contribution in [3.05, 3.63) is 83.4 Å². The van der Waals surface area contributed by atoms with Crippen LogP contribution >= 0.6 is 0 Å². The maximum absolute atomic E-state index is 13.5. The van der Waals surface area contributed by atoms with Crippen LogP contribution in [0.25, 0.3) is 0 Å². The molecule has 1 amide bonds. The molecule has 0 aliphatic heterocycles. The van der Waals surface area contributed by atoms with Crippen LogP contribution in [0, 0.1) is 6.92 Å². The van der Waals surface area contributed by atoms with Gasteiger partial charge in [-0.1, -0.05) is 48.0 Å². The predicted molar refractivity (Wildman–Crippen MR) is 138 cm³/mol. The molecule has 36 heavy (non-hydrogen) atoms. The summed E-state index contributed by atoms with van der Waals surface area (Å²) < 4.78 is 44.4. The van der Waals surface area contributed by atoms with Crippen molar-refractivity contribution >= 4 is 15.9 Å². The van der Waals surface area contributed by atoms with Crippen molar-refractivity contribution < 1.29 is 27.4 Å². The van der Waals surface area contributed by atoms with Crippen LogP contribution in [0.15, 0.2) is 71.6 Å². The van der Waals surface area contributed by atoms with Crippen LogP contribution in [-0.2, 0) is 27.9 Å². The van der Waals surface area contributed by atoms with Crippen molar-refractivity contribution in [2.75, 3.05) is 34.9 Å². The zero-order valence-corrected chi connectivity index (χ0v) is 22.0. The number of amides is 1. The van der Waals surface area contributed by atoms with E-state index in [1.807, 2.05) is 37.3 Å². The molecule has 0 atom stereocenters. The van der Waals surface area contributed by atoms with E-state index in [1.165, 1.54) is 30.5 Å². The second kappa shape index (κ2) is 11.9. The van der Waals surface area contributed by atoms with Crippen LogP contribution < -0.4 is 14.2 Å². The Morgan fingerprint density at radius 1 is 0.806 bits per heavy atom. The molecular weight excluding hydrogens is 480 g/mol. The van der Waals surface area contributed by atoms with Crippen LogP contribution in [0.5, 0.6) is 17.2 Å². The van der Waals surface area contributed by atoms with Gasteiger partial charge in [-0.15, -0.1) is 0 Å². The molecule has 0 aromatic heterocycles. The largest absolute Gasteiger partial charge is 0.493 e. The van der Waals surface area contributed by atoms with Gasteiger partial charge in [-0.05, 0) is 42.3 Å². The normalized spacial score (nSPS) is 11.3. The number of benzene rings is 3. The van der Waals surface area contributed by atoms with E-state index in [4.69, 9.17) is 14.2 Å². The molecule has 0 saturated carbocycles. The van der Waals surface area contributed by atoms with Gasteiger partial charge in [0.05, 0.1) is 32.8 Å². The third-order valence-electron chi connectivity index (χ3n) is 5.74. The quantitative estimate of drug-likeness (QED) is 0.388. The van der Waals surface area contributed by atoms with Crippen molar-refractivity contribution in [1.29, 1.82) is 0 Å². The maximum atomic E-state index is 13.5. The van der Waals surface area contributed by atoms with Gasteiger partial charge in [0.25, 0.3) is 0 Å². The van der Waals surface area contributed by atoms with Crippen molar-refractivity contribution in [2.45, 2.75) is 24.9 Å². The number of carbonyl (C=O) groups excluding carboxylic acids is 1. The molecule has 0 aliphatic carbocycles. The Kier molecular flexibility index (Phi) is 8.95. The first-order chi connectivity index (χ1) is 17.2. The third-order valence-corrected chi connectivity index (χ3v) is 7.55. The number of nitrogens with zero attached hydrogens (tertiary/aromatic N) is 2. The van der Waals surface area contributed by atoms with Gasteiger partial charge in [0, 0.05) is 20.1 Å². The predicted octanol–water partition coefficient (Wildman–Crippen LogP) is 3.87. The monoisotopic (exact) mass is 512 g/mol. The van der Waals surface area contributed by atoms with E-state index < -0.39 is 10.0 Å². The Morgan fingerprint density at radius 3 is 1.92 bits per heavy atom. The number of ether oxygens (including phenoxy) is 3. The van der Waals surface area contributed by atoms with Gasteiger partial charge in [-0.2, -0.15) is 4.31 Å². The van der Waals surface area contributed by atoms with Gasteiger partial charge in [0.15, 0.2) is 11.5 Å². The third kappa shape index (κ3) is 6.35. The number of methoxy groups -OCH3 is 3. The summed E-state index contributed by atoms with van der Waals surface area (Å²) in [6.07, 6.45) is 0. The highest BCUT2D eigenvalue weighted by Gasteiger charge is 2.28. The first-order valence-electron chi connectivity index (χ1n) is 11.3. The molecule has 3 aromatic rings. The topological polar surface area (TPSA) is 85.4 Å². The minimum atomic E-state index is -3.92. The van der Waals surface area contributed by atoms with Gasteiger partial charge < -0.3 is 19.1 Å². The lowest BCUT2D eigenvalue weighted by atomic mass is 10.1. The fourth-order valence-corrected chi connectivity index (χ4v) is 5.11. The highest BCUT2D eigenvalue weighted by Crippen LogP contribution is 2.38. The van der Waals surface area contributed by atoms with E-state index >= 15 is 0 Å². The molecular formula is C27H32N2O6S. The zero-order chi connectivity index (χ0) is 26.3. The summed E-state index contributed by atoms with van der Waals surface area (Å²) in [4.78, 5) is 14.9. The molecule has 9 heteroatoms. The molecule has 0 unspecified atom stereocenters. The molecule has 192 valence electrons. The summed E-state index contributed by atoms with van der Waals surface area (Å²) in [5.41, 5.74) is 2.48. The Bertz CT molecular complexity index is 1250. The summed E-state index contributed by atoms with van der Waals surface area (Å²) in [5, 5.41) is 0. The molecule has 3 rings (SSSR count). The Morgan fingerprint density at radius 2 is 1.39 bits per heavy atom. The van der Waals surface area contributed by atoms with E-state index in [0.717, 1.165) is 16.7 Å². The minimum absolute atomic E-state index is 0.0702. The number of likely N-dealkylation sites (N-methyl/N-ethyl adjacent to an activating group) is 1. The smallest absolute Gasteiger partial charge is 0.243 e. The van der Waals surface area contributed by atoms with Crippen LogP contribution in [0.4, 0.5) is 0 Å². The highest BCUT2D eigenvalue weighted by atomic mass is 32.2. The molecule has 0 heterocycles. The van der Waals surface area contributed by atoms with Crippen molar-refractivity contribution in [3.63, 3.8) is 0 Å². The van der Waals surface area contributed by atoms with E-state index in [9.17, 15) is 13.2 Å². The fourth-order valence-electron chi connectivity index (χ4n) is 3.73. The average Bonchev–Trinajstić information content (AvgIpc) is 2.88.